The first kappa shape index (κ1) is 14.5. The van der Waals surface area contributed by atoms with E-state index in [2.05, 4.69) is 57.2 Å². The Kier molecular flexibility index (Phi) is 3.78. The lowest BCUT2D eigenvalue weighted by Crippen LogP contribution is -2.43. The lowest BCUT2D eigenvalue weighted by Gasteiger charge is -2.33. The SMILES string of the molecule is CC(C)n1nc(I)cc1[C@@H]1[C@@H]2C[C@H](N3CCOCC3)C[C@@H]21. The van der Waals surface area contributed by atoms with E-state index in [0.29, 0.717) is 6.04 Å². The van der Waals surface area contributed by atoms with Crippen molar-refractivity contribution in [2.24, 2.45) is 11.8 Å². The topological polar surface area (TPSA) is 30.3 Å². The molecule has 2 saturated carbocycles. The van der Waals surface area contributed by atoms with Crippen LogP contribution < -0.4 is 0 Å². The highest BCUT2D eigenvalue weighted by Gasteiger charge is 2.58. The second-order valence-corrected chi connectivity index (χ2v) is 8.16. The second-order valence-electron chi connectivity index (χ2n) is 7.06. The van der Waals surface area contributed by atoms with Gasteiger partial charge in [-0.1, -0.05) is 0 Å². The molecule has 0 N–H and O–H groups in total. The fourth-order valence-corrected chi connectivity index (χ4v) is 5.08. The van der Waals surface area contributed by atoms with E-state index in [0.717, 1.165) is 53.8 Å². The highest BCUT2D eigenvalue weighted by atomic mass is 127. The van der Waals surface area contributed by atoms with Gasteiger partial charge in [-0.05, 0) is 67.2 Å². The molecule has 3 fully saturated rings. The highest BCUT2D eigenvalue weighted by molar-refractivity contribution is 14.1. The molecular weight excluding hydrogens is 377 g/mol. The van der Waals surface area contributed by atoms with Crippen molar-refractivity contribution in [3.8, 4) is 0 Å². The number of rotatable bonds is 3. The zero-order chi connectivity index (χ0) is 14.6. The van der Waals surface area contributed by atoms with Crippen LogP contribution in [-0.2, 0) is 4.74 Å². The summed E-state index contributed by atoms with van der Waals surface area (Å²) < 4.78 is 8.88. The summed E-state index contributed by atoms with van der Waals surface area (Å²) in [6, 6.07) is 3.60. The molecule has 116 valence electrons. The summed E-state index contributed by atoms with van der Waals surface area (Å²) in [7, 11) is 0. The number of ether oxygens (including phenoxy) is 1. The number of aromatic nitrogens is 2. The van der Waals surface area contributed by atoms with Gasteiger partial charge in [0.1, 0.15) is 3.70 Å². The van der Waals surface area contributed by atoms with Crippen molar-refractivity contribution in [1.29, 1.82) is 0 Å². The van der Waals surface area contributed by atoms with Crippen LogP contribution in [0.5, 0.6) is 0 Å². The van der Waals surface area contributed by atoms with Gasteiger partial charge in [0.2, 0.25) is 0 Å². The number of hydrogen-bond donors (Lipinski definition) is 0. The molecule has 1 saturated heterocycles. The lowest BCUT2D eigenvalue weighted by molar-refractivity contribution is 0.0151. The number of morpholine rings is 1. The van der Waals surface area contributed by atoms with Gasteiger partial charge in [0.05, 0.1) is 13.2 Å². The molecule has 2 aliphatic carbocycles. The summed E-state index contributed by atoms with van der Waals surface area (Å²) >= 11 is 2.35. The smallest absolute Gasteiger partial charge is 0.123 e. The van der Waals surface area contributed by atoms with Crippen LogP contribution in [0.3, 0.4) is 0 Å². The van der Waals surface area contributed by atoms with Crippen LogP contribution in [0.2, 0.25) is 0 Å². The first-order valence-corrected chi connectivity index (χ1v) is 9.29. The summed E-state index contributed by atoms with van der Waals surface area (Å²) in [4.78, 5) is 2.66. The van der Waals surface area contributed by atoms with Crippen LogP contribution in [0.15, 0.2) is 6.07 Å². The first-order valence-electron chi connectivity index (χ1n) is 8.22. The summed E-state index contributed by atoms with van der Waals surface area (Å²) in [5.74, 6) is 2.59. The van der Waals surface area contributed by atoms with Gasteiger partial charge in [0.25, 0.3) is 0 Å². The second kappa shape index (κ2) is 5.49. The van der Waals surface area contributed by atoms with Gasteiger partial charge in [-0.3, -0.25) is 9.58 Å². The van der Waals surface area contributed by atoms with E-state index in [4.69, 9.17) is 4.74 Å². The van der Waals surface area contributed by atoms with Gasteiger partial charge in [-0.25, -0.2) is 0 Å². The highest BCUT2D eigenvalue weighted by Crippen LogP contribution is 2.64. The third-order valence-corrected chi connectivity index (χ3v) is 6.07. The van der Waals surface area contributed by atoms with Crippen molar-refractivity contribution >= 4 is 22.6 Å². The molecular formula is C16H24IN3O. The van der Waals surface area contributed by atoms with Gasteiger partial charge >= 0.3 is 0 Å². The van der Waals surface area contributed by atoms with Crippen LogP contribution in [0, 0.1) is 15.5 Å². The van der Waals surface area contributed by atoms with Crippen molar-refractivity contribution in [2.45, 2.75) is 44.7 Å². The van der Waals surface area contributed by atoms with Crippen molar-refractivity contribution < 1.29 is 4.74 Å². The zero-order valence-corrected chi connectivity index (χ0v) is 15.0. The molecule has 4 nitrogen and oxygen atoms in total. The summed E-state index contributed by atoms with van der Waals surface area (Å²) in [5.41, 5.74) is 1.49. The molecule has 4 rings (SSSR count). The fraction of sp³-hybridized carbons (Fsp3) is 0.812. The molecule has 1 aliphatic heterocycles. The fourth-order valence-electron chi connectivity index (χ4n) is 4.53. The molecule has 1 aromatic heterocycles. The van der Waals surface area contributed by atoms with E-state index in [1.165, 1.54) is 18.5 Å². The minimum atomic E-state index is 0.472. The average Bonchev–Trinajstić information content (AvgIpc) is 2.86. The molecule has 5 heteroatoms. The zero-order valence-electron chi connectivity index (χ0n) is 12.8. The number of halogens is 1. The van der Waals surface area contributed by atoms with Crippen molar-refractivity contribution in [3.63, 3.8) is 0 Å². The van der Waals surface area contributed by atoms with E-state index >= 15 is 0 Å². The standard InChI is InChI=1S/C16H24IN3O/c1-10(2)20-14(9-15(17)18-20)16-12-7-11(8-13(12)16)19-3-5-21-6-4-19/h9-13,16H,3-8H2,1-2H3/t11-,12+,13-,16+. The van der Waals surface area contributed by atoms with Gasteiger partial charge in [0.15, 0.2) is 0 Å². The largest absolute Gasteiger partial charge is 0.379 e. The van der Waals surface area contributed by atoms with Crippen molar-refractivity contribution in [3.05, 3.63) is 15.5 Å². The third kappa shape index (κ3) is 2.55. The predicted molar refractivity (Wildman–Crippen MR) is 90.5 cm³/mol. The number of nitrogens with zero attached hydrogens (tertiary/aromatic N) is 3. The predicted octanol–water partition coefficient (Wildman–Crippen LogP) is 2.89. The average molecular weight is 401 g/mol. The Hall–Kier alpha value is -0.140. The quantitative estimate of drug-likeness (QED) is 0.730. The van der Waals surface area contributed by atoms with Gasteiger partial charge < -0.3 is 4.74 Å². The Morgan fingerprint density at radius 2 is 1.90 bits per heavy atom. The Morgan fingerprint density at radius 1 is 1.24 bits per heavy atom. The van der Waals surface area contributed by atoms with E-state index < -0.39 is 0 Å². The minimum Gasteiger partial charge on any atom is -0.379 e. The molecule has 0 aromatic carbocycles. The van der Waals surface area contributed by atoms with Crippen LogP contribution in [0.4, 0.5) is 0 Å². The Labute approximate surface area is 140 Å². The monoisotopic (exact) mass is 401 g/mol. The van der Waals surface area contributed by atoms with Gasteiger partial charge in [-0.2, -0.15) is 5.10 Å². The van der Waals surface area contributed by atoms with Crippen LogP contribution in [-0.4, -0.2) is 47.0 Å². The van der Waals surface area contributed by atoms with Gasteiger partial charge in [0, 0.05) is 36.8 Å². The summed E-state index contributed by atoms with van der Waals surface area (Å²) in [5, 5.41) is 4.68. The molecule has 0 radical (unpaired) electrons. The Morgan fingerprint density at radius 3 is 2.52 bits per heavy atom. The molecule has 0 spiro atoms. The van der Waals surface area contributed by atoms with E-state index in [1.54, 1.807) is 0 Å². The van der Waals surface area contributed by atoms with E-state index in [9.17, 15) is 0 Å². The lowest BCUT2D eigenvalue weighted by atomic mass is 10.0. The van der Waals surface area contributed by atoms with Crippen molar-refractivity contribution in [1.82, 2.24) is 14.7 Å². The molecule has 0 amide bonds. The number of fused-ring (bicyclic) bond motifs is 1. The molecule has 21 heavy (non-hydrogen) atoms. The third-order valence-electron chi connectivity index (χ3n) is 5.55. The Bertz CT molecular complexity index is 512. The van der Waals surface area contributed by atoms with Crippen LogP contribution in [0.1, 0.15) is 44.3 Å². The maximum atomic E-state index is 5.48. The molecule has 0 bridgehead atoms. The van der Waals surface area contributed by atoms with E-state index in [-0.39, 0.29) is 0 Å². The van der Waals surface area contributed by atoms with Gasteiger partial charge in [-0.15, -0.1) is 0 Å². The molecule has 2 heterocycles. The maximum absolute atomic E-state index is 5.48. The van der Waals surface area contributed by atoms with E-state index in [1.807, 2.05) is 0 Å². The summed E-state index contributed by atoms with van der Waals surface area (Å²) in [6.07, 6.45) is 2.77. The van der Waals surface area contributed by atoms with Crippen LogP contribution in [0.25, 0.3) is 0 Å². The Balaban J connectivity index is 1.44. The first-order chi connectivity index (χ1) is 10.1. The normalized spacial score (nSPS) is 36.2. The molecule has 3 aliphatic rings. The van der Waals surface area contributed by atoms with Crippen LogP contribution >= 0.6 is 22.6 Å². The number of hydrogen-bond acceptors (Lipinski definition) is 3. The molecule has 4 atom stereocenters. The maximum Gasteiger partial charge on any atom is 0.123 e. The minimum absolute atomic E-state index is 0.472. The molecule has 0 unspecified atom stereocenters. The van der Waals surface area contributed by atoms with Crippen molar-refractivity contribution in [2.75, 3.05) is 26.3 Å². The summed E-state index contributed by atoms with van der Waals surface area (Å²) in [6.45, 7) is 8.59. The molecule has 1 aromatic rings.